The van der Waals surface area contributed by atoms with Crippen molar-refractivity contribution in [1.82, 2.24) is 5.43 Å². The summed E-state index contributed by atoms with van der Waals surface area (Å²) in [4.78, 5) is 3.81. The molecule has 0 spiro atoms. The minimum absolute atomic E-state index is 0.323. The van der Waals surface area contributed by atoms with Crippen LogP contribution in [0.15, 0.2) is 4.99 Å². The normalized spacial score (nSPS) is 10.7. The van der Waals surface area contributed by atoms with Crippen LogP contribution in [0.1, 0.15) is 13.8 Å². The lowest BCUT2D eigenvalue weighted by Gasteiger charge is -1.94. The van der Waals surface area contributed by atoms with E-state index in [-0.39, 0.29) is 0 Å². The van der Waals surface area contributed by atoms with Crippen molar-refractivity contribution in [2.45, 2.75) is 13.8 Å². The van der Waals surface area contributed by atoms with Gasteiger partial charge >= 0.3 is 0 Å². The van der Waals surface area contributed by atoms with Crippen molar-refractivity contribution in [3.8, 4) is 0 Å². The largest absolute Gasteiger partial charge is 0.299 e. The first kappa shape index (κ1) is 8.52. The highest BCUT2D eigenvalue weighted by molar-refractivity contribution is 7.80. The average Bonchev–Trinajstić information content (AvgIpc) is 1.83. The van der Waals surface area contributed by atoms with E-state index in [1.165, 1.54) is 0 Å². The molecule has 0 amide bonds. The number of thiocarbonyl (C=S) groups is 1. The predicted molar refractivity (Wildman–Crippen MR) is 43.3 cm³/mol. The fourth-order valence-electron chi connectivity index (χ4n) is 0.254. The van der Waals surface area contributed by atoms with Gasteiger partial charge in [0.1, 0.15) is 0 Å². The summed E-state index contributed by atoms with van der Waals surface area (Å²) in [6.07, 6.45) is 1.74. The quantitative estimate of drug-likeness (QED) is 0.244. The Hall–Kier alpha value is -0.480. The van der Waals surface area contributed by atoms with Crippen molar-refractivity contribution < 1.29 is 0 Å². The molecule has 0 radical (unpaired) electrons. The third-order valence-corrected chi connectivity index (χ3v) is 0.837. The van der Waals surface area contributed by atoms with Gasteiger partial charge in [0, 0.05) is 6.21 Å². The third kappa shape index (κ3) is 5.39. The van der Waals surface area contributed by atoms with E-state index in [0.717, 1.165) is 0 Å². The Balaban J connectivity index is 3.57. The molecule has 0 aliphatic heterocycles. The molecular formula is C5H11N3S. The van der Waals surface area contributed by atoms with E-state index >= 15 is 0 Å². The zero-order chi connectivity index (χ0) is 7.28. The lowest BCUT2D eigenvalue weighted by molar-refractivity contribution is 0.906. The summed E-state index contributed by atoms with van der Waals surface area (Å²) in [6, 6.07) is 0. The molecule has 0 aromatic rings. The van der Waals surface area contributed by atoms with E-state index in [0.29, 0.717) is 11.0 Å². The van der Waals surface area contributed by atoms with E-state index in [9.17, 15) is 0 Å². The van der Waals surface area contributed by atoms with Crippen molar-refractivity contribution in [2.75, 3.05) is 0 Å². The first-order valence-corrected chi connectivity index (χ1v) is 3.12. The summed E-state index contributed by atoms with van der Waals surface area (Å²) in [6.45, 7) is 4.03. The van der Waals surface area contributed by atoms with Crippen LogP contribution in [0.5, 0.6) is 0 Å². The van der Waals surface area contributed by atoms with Gasteiger partial charge in [-0.15, -0.1) is 0 Å². The molecule has 52 valence electrons. The van der Waals surface area contributed by atoms with Crippen LogP contribution in [-0.4, -0.2) is 11.3 Å². The molecule has 0 bridgehead atoms. The smallest absolute Gasteiger partial charge is 0.206 e. The Kier molecular flexibility index (Phi) is 4.17. The molecule has 3 N–H and O–H groups in total. The number of hydrogen-bond donors (Lipinski definition) is 2. The minimum atomic E-state index is 0.323. The SMILES string of the molecule is CC(C)/C=N\C(=S)NN. The highest BCUT2D eigenvalue weighted by atomic mass is 32.1. The van der Waals surface area contributed by atoms with Crippen LogP contribution in [0.4, 0.5) is 0 Å². The Labute approximate surface area is 60.3 Å². The summed E-state index contributed by atoms with van der Waals surface area (Å²) in [7, 11) is 0. The van der Waals surface area contributed by atoms with Crippen LogP contribution in [0.2, 0.25) is 0 Å². The van der Waals surface area contributed by atoms with Crippen LogP contribution < -0.4 is 11.3 Å². The molecule has 0 aliphatic rings. The number of nitrogens with one attached hydrogen (secondary N) is 1. The zero-order valence-electron chi connectivity index (χ0n) is 5.59. The highest BCUT2D eigenvalue weighted by Crippen LogP contribution is 1.84. The first-order valence-electron chi connectivity index (χ1n) is 2.71. The number of rotatable bonds is 1. The maximum Gasteiger partial charge on any atom is 0.206 e. The molecule has 0 aromatic heterocycles. The second-order valence-corrected chi connectivity index (χ2v) is 2.36. The Morgan fingerprint density at radius 3 is 2.67 bits per heavy atom. The standard InChI is InChI=1S/C5H11N3S/c1-4(2)3-7-5(9)8-6/h3-4H,6H2,1-2H3,(H,8,9)/b7-3-. The summed E-state index contributed by atoms with van der Waals surface area (Å²) in [5.41, 5.74) is 2.25. The number of nitrogens with two attached hydrogens (primary N) is 1. The van der Waals surface area contributed by atoms with Crippen molar-refractivity contribution in [2.24, 2.45) is 16.8 Å². The molecule has 0 aliphatic carbocycles. The van der Waals surface area contributed by atoms with Gasteiger partial charge < -0.3 is 0 Å². The second-order valence-electron chi connectivity index (χ2n) is 1.97. The molecule has 0 heterocycles. The monoisotopic (exact) mass is 145 g/mol. The number of hydrogen-bond acceptors (Lipinski definition) is 2. The van der Waals surface area contributed by atoms with Crippen molar-refractivity contribution in [1.29, 1.82) is 0 Å². The van der Waals surface area contributed by atoms with Crippen LogP contribution in [-0.2, 0) is 0 Å². The maximum absolute atomic E-state index is 4.95. The van der Waals surface area contributed by atoms with Gasteiger partial charge in [-0.2, -0.15) is 0 Å². The van der Waals surface area contributed by atoms with Crippen LogP contribution in [0.3, 0.4) is 0 Å². The summed E-state index contributed by atoms with van der Waals surface area (Å²) < 4.78 is 0. The van der Waals surface area contributed by atoms with Gasteiger partial charge in [-0.25, -0.2) is 10.8 Å². The minimum Gasteiger partial charge on any atom is -0.299 e. The summed E-state index contributed by atoms with van der Waals surface area (Å²) >= 11 is 4.64. The fourth-order valence-corrected chi connectivity index (χ4v) is 0.315. The van der Waals surface area contributed by atoms with E-state index in [1.54, 1.807) is 6.21 Å². The van der Waals surface area contributed by atoms with E-state index < -0.39 is 0 Å². The van der Waals surface area contributed by atoms with E-state index in [4.69, 9.17) is 5.84 Å². The highest BCUT2D eigenvalue weighted by Gasteiger charge is 1.86. The Morgan fingerprint density at radius 1 is 1.78 bits per heavy atom. The predicted octanol–water partition coefficient (Wildman–Crippen LogP) is 0.461. The maximum atomic E-state index is 4.95. The molecule has 9 heavy (non-hydrogen) atoms. The lowest BCUT2D eigenvalue weighted by atomic mass is 10.3. The molecule has 4 heteroatoms. The average molecular weight is 145 g/mol. The van der Waals surface area contributed by atoms with Gasteiger partial charge in [0.2, 0.25) is 5.11 Å². The zero-order valence-corrected chi connectivity index (χ0v) is 6.40. The summed E-state index contributed by atoms with van der Waals surface area (Å²) in [5.74, 6) is 5.37. The number of aliphatic imine (C=N–C) groups is 1. The first-order chi connectivity index (χ1) is 4.16. The Bertz CT molecular complexity index is 119. The molecular weight excluding hydrogens is 134 g/mol. The molecule has 0 rings (SSSR count). The number of nitrogens with zero attached hydrogens (tertiary/aromatic N) is 1. The Morgan fingerprint density at radius 2 is 2.33 bits per heavy atom. The van der Waals surface area contributed by atoms with E-state index in [2.05, 4.69) is 22.6 Å². The van der Waals surface area contributed by atoms with Crippen molar-refractivity contribution in [3.63, 3.8) is 0 Å². The van der Waals surface area contributed by atoms with Crippen LogP contribution >= 0.6 is 12.2 Å². The van der Waals surface area contributed by atoms with Gasteiger partial charge in [0.15, 0.2) is 0 Å². The topological polar surface area (TPSA) is 50.4 Å². The van der Waals surface area contributed by atoms with Crippen LogP contribution in [0, 0.1) is 5.92 Å². The molecule has 0 saturated heterocycles. The van der Waals surface area contributed by atoms with Crippen molar-refractivity contribution >= 4 is 23.5 Å². The molecule has 0 aromatic carbocycles. The molecule has 0 saturated carbocycles. The van der Waals surface area contributed by atoms with Gasteiger partial charge in [-0.05, 0) is 18.1 Å². The molecule has 0 atom stereocenters. The second kappa shape index (κ2) is 4.40. The van der Waals surface area contributed by atoms with Gasteiger partial charge in [0.25, 0.3) is 0 Å². The van der Waals surface area contributed by atoms with Gasteiger partial charge in [0.05, 0.1) is 0 Å². The van der Waals surface area contributed by atoms with Gasteiger partial charge in [-0.1, -0.05) is 13.8 Å². The van der Waals surface area contributed by atoms with E-state index in [1.807, 2.05) is 13.8 Å². The molecule has 0 unspecified atom stereocenters. The molecule has 0 fully saturated rings. The third-order valence-electron chi connectivity index (χ3n) is 0.613. The number of hydrazine groups is 1. The van der Waals surface area contributed by atoms with Crippen LogP contribution in [0.25, 0.3) is 0 Å². The lowest BCUT2D eigenvalue weighted by Crippen LogP contribution is -2.26. The summed E-state index contributed by atoms with van der Waals surface area (Å²) in [5, 5.41) is 0.323. The van der Waals surface area contributed by atoms with Gasteiger partial charge in [-0.3, -0.25) is 5.43 Å². The van der Waals surface area contributed by atoms with Crippen molar-refractivity contribution in [3.05, 3.63) is 0 Å². The fraction of sp³-hybridized carbons (Fsp3) is 0.600. The molecule has 3 nitrogen and oxygen atoms in total.